The lowest BCUT2D eigenvalue weighted by molar-refractivity contribution is -0.140. The standard InChI is InChI=1S/C18H22N6O/c25-17-14-8-9-16(23(17)10-13-6-7-13)12-22(11-14)18-19-20-21-24(18)15-4-2-1-3-5-15/h1-5,13-14,16H,6-12H2. The minimum absolute atomic E-state index is 0.0680. The molecule has 3 saturated heterocycles. The van der Waals surface area contributed by atoms with Gasteiger partial charge in [-0.15, -0.1) is 0 Å². The Morgan fingerprint density at radius 2 is 1.88 bits per heavy atom. The maximum absolute atomic E-state index is 12.9. The van der Waals surface area contributed by atoms with Gasteiger partial charge in [-0.25, -0.2) is 0 Å². The predicted molar refractivity (Wildman–Crippen MR) is 92.3 cm³/mol. The van der Waals surface area contributed by atoms with E-state index in [0.29, 0.717) is 12.5 Å². The number of rotatable bonds is 4. The van der Waals surface area contributed by atoms with Crippen molar-refractivity contribution in [2.75, 3.05) is 24.5 Å². The number of amides is 1. The molecule has 4 aliphatic rings. The van der Waals surface area contributed by atoms with Crippen LogP contribution in [0.5, 0.6) is 0 Å². The summed E-state index contributed by atoms with van der Waals surface area (Å²) in [5.41, 5.74) is 0.945. The van der Waals surface area contributed by atoms with Crippen molar-refractivity contribution in [2.45, 2.75) is 31.7 Å². The number of hydrogen-bond acceptors (Lipinski definition) is 5. The summed E-state index contributed by atoms with van der Waals surface area (Å²) in [5.74, 6) is 1.87. The number of fused-ring (bicyclic) bond motifs is 4. The molecule has 7 heteroatoms. The molecule has 2 unspecified atom stereocenters. The van der Waals surface area contributed by atoms with Crippen molar-refractivity contribution >= 4 is 11.9 Å². The maximum Gasteiger partial charge on any atom is 0.250 e. The van der Waals surface area contributed by atoms with Gasteiger partial charge in [0.15, 0.2) is 0 Å². The van der Waals surface area contributed by atoms with E-state index in [1.165, 1.54) is 12.8 Å². The van der Waals surface area contributed by atoms with Gasteiger partial charge in [-0.05, 0) is 54.2 Å². The molecule has 1 aliphatic carbocycles. The topological polar surface area (TPSA) is 67.2 Å². The summed E-state index contributed by atoms with van der Waals surface area (Å²) in [6.45, 7) is 2.48. The Bertz CT molecular complexity index is 771. The molecule has 2 aromatic rings. The number of tetrazole rings is 1. The molecule has 3 aliphatic heterocycles. The van der Waals surface area contributed by atoms with Crippen LogP contribution in [0.4, 0.5) is 5.95 Å². The third-order valence-electron chi connectivity index (χ3n) is 5.68. The fourth-order valence-corrected chi connectivity index (χ4v) is 4.14. The van der Waals surface area contributed by atoms with E-state index in [1.54, 1.807) is 4.68 Å². The van der Waals surface area contributed by atoms with Crippen molar-refractivity contribution in [1.29, 1.82) is 0 Å². The summed E-state index contributed by atoms with van der Waals surface area (Å²) in [6.07, 6.45) is 4.62. The highest BCUT2D eigenvalue weighted by Crippen LogP contribution is 2.36. The zero-order valence-corrected chi connectivity index (χ0v) is 14.2. The Labute approximate surface area is 146 Å². The lowest BCUT2D eigenvalue weighted by atomic mass is 9.94. The van der Waals surface area contributed by atoms with Crippen LogP contribution in [0.3, 0.4) is 0 Å². The maximum atomic E-state index is 12.9. The van der Waals surface area contributed by atoms with Crippen LogP contribution in [0, 0.1) is 11.8 Å². The van der Waals surface area contributed by atoms with Crippen LogP contribution in [0.2, 0.25) is 0 Å². The monoisotopic (exact) mass is 338 g/mol. The average Bonchev–Trinajstić information content (AvgIpc) is 3.39. The van der Waals surface area contributed by atoms with E-state index >= 15 is 0 Å². The first-order valence-electron chi connectivity index (χ1n) is 9.19. The SMILES string of the molecule is O=C1C2CCC(CN(c3nnnn3-c3ccccc3)C2)N1CC1CC1. The van der Waals surface area contributed by atoms with Gasteiger partial charge in [-0.2, -0.15) is 4.68 Å². The molecule has 1 saturated carbocycles. The zero-order valence-electron chi connectivity index (χ0n) is 14.2. The number of carbonyl (C=O) groups excluding carboxylic acids is 1. The summed E-state index contributed by atoms with van der Waals surface area (Å²) < 4.78 is 1.78. The summed E-state index contributed by atoms with van der Waals surface area (Å²) in [4.78, 5) is 17.2. The van der Waals surface area contributed by atoms with Gasteiger partial charge in [0.05, 0.1) is 11.6 Å². The predicted octanol–water partition coefficient (Wildman–Crippen LogP) is 1.50. The number of nitrogens with zero attached hydrogens (tertiary/aromatic N) is 6. The number of benzene rings is 1. The quantitative estimate of drug-likeness (QED) is 0.845. The van der Waals surface area contributed by atoms with E-state index in [0.717, 1.165) is 43.5 Å². The lowest BCUT2D eigenvalue weighted by Crippen LogP contribution is -2.48. The van der Waals surface area contributed by atoms with Gasteiger partial charge in [0.25, 0.3) is 0 Å². The summed E-state index contributed by atoms with van der Waals surface area (Å²) in [6, 6.07) is 10.2. The minimum atomic E-state index is 0.0680. The van der Waals surface area contributed by atoms with Crippen molar-refractivity contribution in [1.82, 2.24) is 25.1 Å². The summed E-state index contributed by atoms with van der Waals surface area (Å²) in [5, 5.41) is 12.3. The van der Waals surface area contributed by atoms with Crippen LogP contribution < -0.4 is 4.90 Å². The molecular weight excluding hydrogens is 316 g/mol. The Morgan fingerprint density at radius 3 is 2.68 bits per heavy atom. The molecule has 1 amide bonds. The van der Waals surface area contributed by atoms with Gasteiger partial charge >= 0.3 is 0 Å². The van der Waals surface area contributed by atoms with Gasteiger partial charge in [-0.3, -0.25) is 4.79 Å². The zero-order chi connectivity index (χ0) is 16.8. The van der Waals surface area contributed by atoms with Gasteiger partial charge in [0.2, 0.25) is 11.9 Å². The Morgan fingerprint density at radius 1 is 1.04 bits per heavy atom. The van der Waals surface area contributed by atoms with Crippen molar-refractivity contribution in [3.05, 3.63) is 30.3 Å². The van der Waals surface area contributed by atoms with E-state index in [4.69, 9.17) is 0 Å². The van der Waals surface area contributed by atoms with Crippen molar-refractivity contribution < 1.29 is 4.79 Å². The molecule has 7 nitrogen and oxygen atoms in total. The van der Waals surface area contributed by atoms with Crippen LogP contribution in [-0.4, -0.2) is 56.7 Å². The van der Waals surface area contributed by atoms with Gasteiger partial charge in [0, 0.05) is 25.7 Å². The molecule has 0 N–H and O–H groups in total. The Balaban J connectivity index is 1.44. The molecular formula is C18H22N6O. The van der Waals surface area contributed by atoms with Crippen molar-refractivity contribution in [2.24, 2.45) is 11.8 Å². The number of hydrogen-bond donors (Lipinski definition) is 0. The van der Waals surface area contributed by atoms with Crippen LogP contribution in [0.25, 0.3) is 5.69 Å². The molecule has 4 fully saturated rings. The molecule has 6 rings (SSSR count). The second-order valence-corrected chi connectivity index (χ2v) is 7.49. The highest BCUT2D eigenvalue weighted by atomic mass is 16.2. The van der Waals surface area contributed by atoms with Crippen LogP contribution >= 0.6 is 0 Å². The Hall–Kier alpha value is -2.44. The smallest absolute Gasteiger partial charge is 0.250 e. The summed E-state index contributed by atoms with van der Waals surface area (Å²) >= 11 is 0. The highest BCUT2D eigenvalue weighted by molar-refractivity contribution is 5.81. The summed E-state index contributed by atoms with van der Waals surface area (Å²) in [7, 11) is 0. The van der Waals surface area contributed by atoms with Crippen LogP contribution in [-0.2, 0) is 4.79 Å². The second-order valence-electron chi connectivity index (χ2n) is 7.49. The second kappa shape index (κ2) is 5.82. The van der Waals surface area contributed by atoms with E-state index in [9.17, 15) is 4.79 Å². The van der Waals surface area contributed by atoms with Crippen LogP contribution in [0.15, 0.2) is 30.3 Å². The molecule has 4 heterocycles. The van der Waals surface area contributed by atoms with Gasteiger partial charge in [-0.1, -0.05) is 23.3 Å². The van der Waals surface area contributed by atoms with E-state index in [2.05, 4.69) is 25.3 Å². The largest absolute Gasteiger partial charge is 0.337 e. The molecule has 2 atom stereocenters. The van der Waals surface area contributed by atoms with Gasteiger partial charge in [0.1, 0.15) is 0 Å². The van der Waals surface area contributed by atoms with E-state index < -0.39 is 0 Å². The molecule has 1 aromatic carbocycles. The fraction of sp³-hybridized carbons (Fsp3) is 0.556. The Kier molecular flexibility index (Phi) is 3.46. The van der Waals surface area contributed by atoms with E-state index in [-0.39, 0.29) is 12.0 Å². The lowest BCUT2D eigenvalue weighted by Gasteiger charge is -2.36. The molecule has 2 bridgehead atoms. The first kappa shape index (κ1) is 14.9. The van der Waals surface area contributed by atoms with Crippen molar-refractivity contribution in [3.63, 3.8) is 0 Å². The number of para-hydroxylation sites is 1. The third kappa shape index (κ3) is 2.67. The number of piperidine rings is 1. The highest BCUT2D eigenvalue weighted by Gasteiger charge is 2.43. The van der Waals surface area contributed by atoms with E-state index in [1.807, 2.05) is 30.3 Å². The first-order valence-corrected chi connectivity index (χ1v) is 9.19. The number of carbonyl (C=O) groups is 1. The molecule has 0 spiro atoms. The first-order chi connectivity index (χ1) is 12.3. The fourth-order valence-electron chi connectivity index (χ4n) is 4.14. The molecule has 25 heavy (non-hydrogen) atoms. The third-order valence-corrected chi connectivity index (χ3v) is 5.68. The van der Waals surface area contributed by atoms with Gasteiger partial charge < -0.3 is 9.80 Å². The van der Waals surface area contributed by atoms with Crippen molar-refractivity contribution in [3.8, 4) is 5.69 Å². The minimum Gasteiger partial charge on any atom is -0.337 e. The molecule has 1 aromatic heterocycles. The van der Waals surface area contributed by atoms with Crippen LogP contribution in [0.1, 0.15) is 25.7 Å². The number of anilines is 1. The normalized spacial score (nSPS) is 26.2. The number of aromatic nitrogens is 4. The molecule has 0 radical (unpaired) electrons. The average molecular weight is 338 g/mol. The molecule has 130 valence electrons.